The van der Waals surface area contributed by atoms with E-state index in [2.05, 4.69) is 10.6 Å². The molecule has 2 rings (SSSR count). The summed E-state index contributed by atoms with van der Waals surface area (Å²) >= 11 is 11.5. The molecule has 0 atom stereocenters. The van der Waals surface area contributed by atoms with Gasteiger partial charge in [-0.3, -0.25) is 0 Å². The number of hydrogen-bond donors (Lipinski definition) is 2. The Hall–Kier alpha value is -1.85. The number of halogens is 4. The lowest BCUT2D eigenvalue weighted by Gasteiger charge is -2.09. The smallest absolute Gasteiger partial charge is 0.308 e. The first-order chi connectivity index (χ1) is 9.45. The highest BCUT2D eigenvalue weighted by atomic mass is 35.5. The molecule has 2 N–H and O–H groups in total. The number of anilines is 2. The molecular formula is C13H8Cl2F2N2O. The van der Waals surface area contributed by atoms with Gasteiger partial charge in [0.05, 0.1) is 15.7 Å². The summed E-state index contributed by atoms with van der Waals surface area (Å²) in [5, 5.41) is 5.22. The third-order valence-electron chi connectivity index (χ3n) is 2.35. The van der Waals surface area contributed by atoms with Crippen LogP contribution in [0.5, 0.6) is 0 Å². The second-order valence-corrected chi connectivity index (χ2v) is 4.65. The fourth-order valence-electron chi connectivity index (χ4n) is 1.45. The Morgan fingerprint density at radius 1 is 0.950 bits per heavy atom. The van der Waals surface area contributed by atoms with Crippen LogP contribution in [0.4, 0.5) is 25.0 Å². The minimum Gasteiger partial charge on any atom is -0.308 e. The van der Waals surface area contributed by atoms with Crippen molar-refractivity contribution < 1.29 is 13.6 Å². The summed E-state index contributed by atoms with van der Waals surface area (Å²) in [4.78, 5) is 11.7. The summed E-state index contributed by atoms with van der Waals surface area (Å²) in [5.41, 5.74) is 0.108. The lowest BCUT2D eigenvalue weighted by molar-refractivity contribution is 0.262. The van der Waals surface area contributed by atoms with Crippen molar-refractivity contribution in [3.63, 3.8) is 0 Å². The normalized spacial score (nSPS) is 10.2. The van der Waals surface area contributed by atoms with Gasteiger partial charge in [-0.15, -0.1) is 0 Å². The first kappa shape index (κ1) is 14.6. The van der Waals surface area contributed by atoms with Gasteiger partial charge in [-0.2, -0.15) is 0 Å². The van der Waals surface area contributed by atoms with E-state index < -0.39 is 17.7 Å². The first-order valence-corrected chi connectivity index (χ1v) is 6.19. The maximum Gasteiger partial charge on any atom is 0.323 e. The number of amides is 2. The summed E-state index contributed by atoms with van der Waals surface area (Å²) < 4.78 is 26.3. The van der Waals surface area contributed by atoms with Crippen LogP contribution in [-0.2, 0) is 0 Å². The van der Waals surface area contributed by atoms with Gasteiger partial charge >= 0.3 is 6.03 Å². The Bertz CT molecular complexity index is 665. The van der Waals surface area contributed by atoms with Crippen molar-refractivity contribution in [3.05, 3.63) is 58.1 Å². The van der Waals surface area contributed by atoms with Crippen LogP contribution in [0.1, 0.15) is 0 Å². The SMILES string of the molecule is O=C(Nc1ccc(Cl)c(Cl)c1)Nc1cc(F)ccc1F. The van der Waals surface area contributed by atoms with Crippen molar-refractivity contribution in [2.75, 3.05) is 10.6 Å². The minimum atomic E-state index is -0.740. The molecule has 0 radical (unpaired) electrons. The quantitative estimate of drug-likeness (QED) is 0.811. The van der Waals surface area contributed by atoms with Gasteiger partial charge in [0.25, 0.3) is 0 Å². The van der Waals surface area contributed by atoms with Crippen LogP contribution < -0.4 is 10.6 Å². The van der Waals surface area contributed by atoms with E-state index in [-0.39, 0.29) is 10.7 Å². The van der Waals surface area contributed by atoms with Gasteiger partial charge in [-0.05, 0) is 30.3 Å². The molecular weight excluding hydrogens is 309 g/mol. The predicted molar refractivity (Wildman–Crippen MR) is 75.5 cm³/mol. The van der Waals surface area contributed by atoms with Crippen molar-refractivity contribution in [2.24, 2.45) is 0 Å². The maximum atomic E-state index is 13.3. The number of nitrogens with one attached hydrogen (secondary N) is 2. The summed E-state index contributed by atoms with van der Waals surface area (Å²) in [6.07, 6.45) is 0. The van der Waals surface area contributed by atoms with Crippen molar-refractivity contribution in [2.45, 2.75) is 0 Å². The zero-order chi connectivity index (χ0) is 14.7. The van der Waals surface area contributed by atoms with Crippen LogP contribution in [0.2, 0.25) is 10.0 Å². The molecule has 0 aliphatic rings. The molecule has 0 aliphatic heterocycles. The average Bonchev–Trinajstić information content (AvgIpc) is 2.38. The van der Waals surface area contributed by atoms with E-state index in [0.29, 0.717) is 10.7 Å². The molecule has 2 aromatic rings. The lowest BCUT2D eigenvalue weighted by atomic mass is 10.3. The molecule has 0 unspecified atom stereocenters. The van der Waals surface area contributed by atoms with Gasteiger partial charge in [0.1, 0.15) is 11.6 Å². The minimum absolute atomic E-state index is 0.262. The van der Waals surface area contributed by atoms with Crippen molar-refractivity contribution >= 4 is 40.6 Å². The summed E-state index contributed by atoms with van der Waals surface area (Å²) in [5.74, 6) is -1.40. The monoisotopic (exact) mass is 316 g/mol. The fraction of sp³-hybridized carbons (Fsp3) is 0. The van der Waals surface area contributed by atoms with Gasteiger partial charge in [0, 0.05) is 11.8 Å². The topological polar surface area (TPSA) is 41.1 Å². The molecule has 3 nitrogen and oxygen atoms in total. The van der Waals surface area contributed by atoms with Crippen LogP contribution >= 0.6 is 23.2 Å². The van der Waals surface area contributed by atoms with Crippen LogP contribution in [-0.4, -0.2) is 6.03 Å². The van der Waals surface area contributed by atoms with E-state index in [1.165, 1.54) is 18.2 Å². The highest BCUT2D eigenvalue weighted by Gasteiger charge is 2.09. The molecule has 0 spiro atoms. The Kier molecular flexibility index (Phi) is 4.42. The maximum absolute atomic E-state index is 13.3. The molecule has 2 amide bonds. The number of carbonyl (C=O) groups is 1. The van der Waals surface area contributed by atoms with Crippen molar-refractivity contribution in [3.8, 4) is 0 Å². The number of urea groups is 1. The molecule has 0 aromatic heterocycles. The molecule has 0 aliphatic carbocycles. The van der Waals surface area contributed by atoms with Gasteiger partial charge in [-0.1, -0.05) is 23.2 Å². The predicted octanol–water partition coefficient (Wildman–Crippen LogP) is 4.92. The molecule has 0 bridgehead atoms. The summed E-state index contributed by atoms with van der Waals surface area (Å²) in [7, 11) is 0. The standard InChI is InChI=1S/C13H8Cl2F2N2O/c14-9-3-2-8(6-10(9)15)18-13(20)19-12-5-7(16)1-4-11(12)17/h1-6H,(H2,18,19,20). The van der Waals surface area contributed by atoms with E-state index in [9.17, 15) is 13.6 Å². The second-order valence-electron chi connectivity index (χ2n) is 3.83. The molecule has 0 saturated carbocycles. The van der Waals surface area contributed by atoms with Gasteiger partial charge < -0.3 is 10.6 Å². The Morgan fingerprint density at radius 2 is 1.70 bits per heavy atom. The first-order valence-electron chi connectivity index (χ1n) is 5.44. The van der Waals surface area contributed by atoms with E-state index in [0.717, 1.165) is 18.2 Å². The fourth-order valence-corrected chi connectivity index (χ4v) is 1.75. The van der Waals surface area contributed by atoms with E-state index in [4.69, 9.17) is 23.2 Å². The van der Waals surface area contributed by atoms with E-state index >= 15 is 0 Å². The largest absolute Gasteiger partial charge is 0.323 e. The summed E-state index contributed by atoms with van der Waals surface area (Å²) in [6.45, 7) is 0. The number of hydrogen-bond acceptors (Lipinski definition) is 1. The van der Waals surface area contributed by atoms with E-state index in [1.807, 2.05) is 0 Å². The van der Waals surface area contributed by atoms with Gasteiger partial charge in [0.15, 0.2) is 0 Å². The third kappa shape index (κ3) is 3.59. The third-order valence-corrected chi connectivity index (χ3v) is 3.09. The molecule has 7 heteroatoms. The Morgan fingerprint density at radius 3 is 2.40 bits per heavy atom. The Labute approximate surface area is 123 Å². The molecule has 2 aromatic carbocycles. The molecule has 0 saturated heterocycles. The summed E-state index contributed by atoms with van der Waals surface area (Å²) in [6, 6.07) is 6.49. The van der Waals surface area contributed by atoms with Crippen LogP contribution in [0.15, 0.2) is 36.4 Å². The van der Waals surface area contributed by atoms with Gasteiger partial charge in [0.2, 0.25) is 0 Å². The van der Waals surface area contributed by atoms with Gasteiger partial charge in [-0.25, -0.2) is 13.6 Å². The van der Waals surface area contributed by atoms with Crippen LogP contribution in [0, 0.1) is 11.6 Å². The molecule has 104 valence electrons. The van der Waals surface area contributed by atoms with Crippen LogP contribution in [0.3, 0.4) is 0 Å². The number of benzene rings is 2. The lowest BCUT2D eigenvalue weighted by Crippen LogP contribution is -2.20. The Balaban J connectivity index is 2.09. The zero-order valence-corrected chi connectivity index (χ0v) is 11.4. The highest BCUT2D eigenvalue weighted by molar-refractivity contribution is 6.42. The highest BCUT2D eigenvalue weighted by Crippen LogP contribution is 2.25. The van der Waals surface area contributed by atoms with Crippen molar-refractivity contribution in [1.29, 1.82) is 0 Å². The van der Waals surface area contributed by atoms with Crippen LogP contribution in [0.25, 0.3) is 0 Å². The number of carbonyl (C=O) groups excluding carboxylic acids is 1. The molecule has 0 fully saturated rings. The van der Waals surface area contributed by atoms with Crippen molar-refractivity contribution in [1.82, 2.24) is 0 Å². The van der Waals surface area contributed by atoms with E-state index in [1.54, 1.807) is 0 Å². The average molecular weight is 317 g/mol. The molecule has 0 heterocycles. The second kappa shape index (κ2) is 6.07. The molecule has 20 heavy (non-hydrogen) atoms. The number of rotatable bonds is 2. The zero-order valence-electron chi connectivity index (χ0n) is 9.88.